The summed E-state index contributed by atoms with van der Waals surface area (Å²) in [6, 6.07) is 3.68. The van der Waals surface area contributed by atoms with E-state index in [2.05, 4.69) is 44.7 Å². The van der Waals surface area contributed by atoms with E-state index in [1.54, 1.807) is 0 Å². The van der Waals surface area contributed by atoms with E-state index in [1.165, 1.54) is 16.7 Å². The minimum absolute atomic E-state index is 0.0746. The zero-order valence-electron chi connectivity index (χ0n) is 32.5. The van der Waals surface area contributed by atoms with Crippen LogP contribution in [0.15, 0.2) is 17.1 Å². The third-order valence-electron chi connectivity index (χ3n) is 10.1. The number of aromatic nitrogens is 2. The predicted molar refractivity (Wildman–Crippen MR) is 217 cm³/mol. The van der Waals surface area contributed by atoms with E-state index in [1.807, 2.05) is 4.90 Å². The molecule has 1 heterocycles. The van der Waals surface area contributed by atoms with Crippen molar-refractivity contribution in [3.8, 4) is 0 Å². The summed E-state index contributed by atoms with van der Waals surface area (Å²) in [6.07, 6.45) is 5.49. The van der Waals surface area contributed by atoms with Gasteiger partial charge in [0.15, 0.2) is 28.4 Å². The topological polar surface area (TPSA) is 305 Å². The molecule has 17 nitrogen and oxygen atoms in total. The Labute approximate surface area is 334 Å². The molecule has 5 atom stereocenters. The second-order valence-electron chi connectivity index (χ2n) is 14.5. The summed E-state index contributed by atoms with van der Waals surface area (Å²) < 4.78 is 0. The summed E-state index contributed by atoms with van der Waals surface area (Å²) in [6.45, 7) is 3.60. The van der Waals surface area contributed by atoms with Gasteiger partial charge in [0.2, 0.25) is 5.91 Å². The van der Waals surface area contributed by atoms with Gasteiger partial charge in [-0.05, 0) is 106 Å². The number of amides is 2. The van der Waals surface area contributed by atoms with Crippen molar-refractivity contribution in [3.63, 3.8) is 0 Å². The molecule has 56 heavy (non-hydrogen) atoms. The van der Waals surface area contributed by atoms with E-state index in [4.69, 9.17) is 39.6 Å². The molecule has 1 aromatic heterocycles. The summed E-state index contributed by atoms with van der Waals surface area (Å²) in [5.74, 6) is -1.46. The number of aliphatic imine (C=N–C) groups is 1. The standard InChI is InChI=1S/C38H63ClN10O7/c1-2-3-4-9-18-49(21-28(51)31(53)32(54)29(52)22-50)19-10-17-44-27(36(42)55)20-24-15-14-23(25-12-5-6-13-26(24)25)11-7-8-16-45-38(43)48-37(56)30-34(40)47-35(41)33(39)46-30/h14-15,27-29,31-32,44,50-54H,2-13,16-22H2,1H3,(H2,42,55)(H4,40,41,47)(H3,43,45,48,56). The zero-order valence-corrected chi connectivity index (χ0v) is 33.3. The van der Waals surface area contributed by atoms with E-state index in [0.29, 0.717) is 39.0 Å². The normalized spacial score (nSPS) is 15.9. The Hall–Kier alpha value is -3.68. The predicted octanol–water partition coefficient (Wildman–Crippen LogP) is -0.0651. The number of aliphatic hydroxyl groups is 5. The van der Waals surface area contributed by atoms with Crippen LogP contribution in [0.4, 0.5) is 11.6 Å². The smallest absolute Gasteiger partial charge is 0.280 e. The number of hydrogen-bond acceptors (Lipinski definition) is 14. The fourth-order valence-corrected chi connectivity index (χ4v) is 7.08. The molecule has 0 aliphatic heterocycles. The molecule has 1 aromatic carbocycles. The van der Waals surface area contributed by atoms with Crippen molar-refractivity contribution in [1.29, 1.82) is 0 Å². The van der Waals surface area contributed by atoms with Crippen LogP contribution in [0.5, 0.6) is 0 Å². The molecule has 3 rings (SSSR count). The van der Waals surface area contributed by atoms with Crippen LogP contribution < -0.4 is 33.6 Å². The number of aryl methyl sites for hydroxylation is 1. The van der Waals surface area contributed by atoms with Crippen LogP contribution in [0.2, 0.25) is 5.15 Å². The number of hydrogen-bond donors (Lipinski definition) is 11. The van der Waals surface area contributed by atoms with Crippen molar-refractivity contribution in [3.05, 3.63) is 45.2 Å². The minimum Gasteiger partial charge on any atom is -0.394 e. The highest BCUT2D eigenvalue weighted by atomic mass is 35.5. The third-order valence-corrected chi connectivity index (χ3v) is 10.4. The molecular formula is C38H63ClN10O7. The van der Waals surface area contributed by atoms with Gasteiger partial charge in [0.25, 0.3) is 5.91 Å². The summed E-state index contributed by atoms with van der Waals surface area (Å²) in [5.41, 5.74) is 27.9. The molecule has 0 saturated carbocycles. The van der Waals surface area contributed by atoms with E-state index in [9.17, 15) is 30.0 Å². The lowest BCUT2D eigenvalue weighted by molar-refractivity contribution is -0.120. The number of halogens is 1. The highest BCUT2D eigenvalue weighted by Gasteiger charge is 2.31. The molecule has 1 aliphatic carbocycles. The van der Waals surface area contributed by atoms with Gasteiger partial charge in [0.1, 0.15) is 18.3 Å². The molecule has 0 radical (unpaired) electrons. The Balaban J connectivity index is 1.54. The Morgan fingerprint density at radius 3 is 2.23 bits per heavy atom. The molecule has 15 N–H and O–H groups in total. The van der Waals surface area contributed by atoms with Crippen LogP contribution in [-0.4, -0.2) is 128 Å². The molecule has 314 valence electrons. The average molecular weight is 807 g/mol. The largest absolute Gasteiger partial charge is 0.394 e. The number of guanidine groups is 1. The molecule has 5 unspecified atom stereocenters. The van der Waals surface area contributed by atoms with Gasteiger partial charge < -0.3 is 58.7 Å². The number of benzene rings is 1. The van der Waals surface area contributed by atoms with Gasteiger partial charge in [0, 0.05) is 13.1 Å². The average Bonchev–Trinajstić information content (AvgIpc) is 3.17. The molecule has 1 aliphatic rings. The first-order valence-electron chi connectivity index (χ1n) is 19.7. The number of nitrogens with one attached hydrogen (secondary N) is 2. The summed E-state index contributed by atoms with van der Waals surface area (Å²) in [5, 5.41) is 55.5. The Morgan fingerprint density at radius 1 is 0.893 bits per heavy atom. The maximum atomic E-state index is 12.6. The molecule has 0 fully saturated rings. The summed E-state index contributed by atoms with van der Waals surface area (Å²) in [4.78, 5) is 39.0. The monoisotopic (exact) mass is 806 g/mol. The van der Waals surface area contributed by atoms with Crippen molar-refractivity contribution < 1.29 is 35.1 Å². The number of carbonyl (C=O) groups excluding carboxylic acids is 2. The Bertz CT molecular complexity index is 1590. The fraction of sp³-hybridized carbons (Fsp3) is 0.658. The minimum atomic E-state index is -1.68. The van der Waals surface area contributed by atoms with Gasteiger partial charge in [-0.1, -0.05) is 49.9 Å². The molecule has 0 spiro atoms. The number of nitrogens with two attached hydrogens (primary N) is 4. The van der Waals surface area contributed by atoms with Crippen LogP contribution in [0, 0.1) is 0 Å². The summed E-state index contributed by atoms with van der Waals surface area (Å²) >= 11 is 5.86. The summed E-state index contributed by atoms with van der Waals surface area (Å²) in [7, 11) is 0. The highest BCUT2D eigenvalue weighted by molar-refractivity contribution is 6.31. The van der Waals surface area contributed by atoms with E-state index in [0.717, 1.165) is 76.2 Å². The van der Waals surface area contributed by atoms with Crippen LogP contribution in [0.3, 0.4) is 0 Å². The van der Waals surface area contributed by atoms with Gasteiger partial charge >= 0.3 is 0 Å². The molecule has 0 bridgehead atoms. The van der Waals surface area contributed by atoms with Gasteiger partial charge in [-0.2, -0.15) is 0 Å². The molecular weight excluding hydrogens is 744 g/mol. The van der Waals surface area contributed by atoms with E-state index < -0.39 is 48.9 Å². The lowest BCUT2D eigenvalue weighted by atomic mass is 9.82. The van der Waals surface area contributed by atoms with Crippen LogP contribution in [0.25, 0.3) is 0 Å². The van der Waals surface area contributed by atoms with E-state index in [-0.39, 0.29) is 35.0 Å². The highest BCUT2D eigenvalue weighted by Crippen LogP contribution is 2.30. The van der Waals surface area contributed by atoms with Crippen molar-refractivity contribution in [2.75, 3.05) is 50.8 Å². The van der Waals surface area contributed by atoms with Crippen molar-refractivity contribution >= 4 is 41.0 Å². The number of unbranched alkanes of at least 4 members (excludes halogenated alkanes) is 4. The lowest BCUT2D eigenvalue weighted by Crippen LogP contribution is -2.50. The molecule has 18 heteroatoms. The zero-order chi connectivity index (χ0) is 41.2. The number of nitrogens with zero attached hydrogens (tertiary/aromatic N) is 4. The van der Waals surface area contributed by atoms with Gasteiger partial charge in [-0.15, -0.1) is 0 Å². The van der Waals surface area contributed by atoms with Crippen molar-refractivity contribution in [2.24, 2.45) is 16.5 Å². The number of primary amides is 1. The van der Waals surface area contributed by atoms with Gasteiger partial charge in [-0.3, -0.25) is 19.9 Å². The first-order valence-corrected chi connectivity index (χ1v) is 20.0. The van der Waals surface area contributed by atoms with Crippen LogP contribution in [0.1, 0.15) is 97.5 Å². The molecule has 2 amide bonds. The Morgan fingerprint density at radius 2 is 1.55 bits per heavy atom. The van der Waals surface area contributed by atoms with Crippen molar-refractivity contribution in [1.82, 2.24) is 25.5 Å². The van der Waals surface area contributed by atoms with Crippen LogP contribution >= 0.6 is 11.6 Å². The van der Waals surface area contributed by atoms with Crippen molar-refractivity contribution in [2.45, 2.75) is 121 Å². The number of rotatable bonds is 25. The van der Waals surface area contributed by atoms with Crippen LogP contribution in [-0.2, 0) is 30.5 Å². The van der Waals surface area contributed by atoms with Gasteiger partial charge in [-0.25, -0.2) is 9.97 Å². The third kappa shape index (κ3) is 14.7. The SMILES string of the molecule is CCCCCCN(CCCNC(Cc1ccc(CCCCN=C(N)NC(=O)c2nc(Cl)c(N)nc2N)c2c1CCCC2)C(N)=O)CC(O)C(O)C(O)C(O)CO. The maximum absolute atomic E-state index is 12.6. The maximum Gasteiger partial charge on any atom is 0.280 e. The first-order chi connectivity index (χ1) is 26.8. The quantitative estimate of drug-likeness (QED) is 0.0356. The Kier molecular flexibility index (Phi) is 20.2. The lowest BCUT2D eigenvalue weighted by Gasteiger charge is -2.30. The van der Waals surface area contributed by atoms with E-state index >= 15 is 0 Å². The molecule has 2 aromatic rings. The number of aliphatic hydroxyl groups excluding tert-OH is 5. The molecule has 0 saturated heterocycles. The second-order valence-corrected chi connectivity index (χ2v) is 14.8. The second kappa shape index (κ2) is 24.2. The first kappa shape index (κ1) is 46.7. The van der Waals surface area contributed by atoms with Gasteiger partial charge in [0.05, 0.1) is 18.8 Å². The fourth-order valence-electron chi connectivity index (χ4n) is 6.96. The number of fused-ring (bicyclic) bond motifs is 1. The number of anilines is 2. The number of nitrogen functional groups attached to an aromatic ring is 2. The number of carbonyl (C=O) groups is 2.